The Bertz CT molecular complexity index is 611. The van der Waals surface area contributed by atoms with E-state index < -0.39 is 21.0 Å². The molecule has 0 heterocycles. The molecule has 1 atom stereocenters. The number of amides is 1. The SMILES string of the molecule is CC(C(=O)NC1CC1)S(=O)(=O)c1ccc(Cl)cc1N. The molecule has 1 unspecified atom stereocenters. The summed E-state index contributed by atoms with van der Waals surface area (Å²) < 4.78 is 24.6. The molecule has 5 nitrogen and oxygen atoms in total. The van der Waals surface area contributed by atoms with Crippen LogP contribution >= 0.6 is 11.6 Å². The highest BCUT2D eigenvalue weighted by Crippen LogP contribution is 2.26. The molecule has 3 N–H and O–H groups in total. The highest BCUT2D eigenvalue weighted by Gasteiger charge is 2.34. The lowest BCUT2D eigenvalue weighted by Crippen LogP contribution is -2.39. The van der Waals surface area contributed by atoms with E-state index in [0.29, 0.717) is 5.02 Å². The number of hydrogen-bond donors (Lipinski definition) is 2. The van der Waals surface area contributed by atoms with Crippen LogP contribution in [0.4, 0.5) is 5.69 Å². The second-order valence-corrected chi connectivity index (χ2v) is 7.33. The zero-order chi connectivity index (χ0) is 14.2. The fourth-order valence-electron chi connectivity index (χ4n) is 1.66. The van der Waals surface area contributed by atoms with E-state index in [-0.39, 0.29) is 16.6 Å². The number of carbonyl (C=O) groups excluding carboxylic acids is 1. The van der Waals surface area contributed by atoms with E-state index >= 15 is 0 Å². The lowest BCUT2D eigenvalue weighted by atomic mass is 10.3. The minimum atomic E-state index is -3.80. The standard InChI is InChI=1S/C12H15ClN2O3S/c1-7(12(16)15-9-3-4-9)19(17,18)11-5-2-8(13)6-10(11)14/h2,5-7,9H,3-4,14H2,1H3,(H,15,16). The van der Waals surface area contributed by atoms with E-state index in [9.17, 15) is 13.2 Å². The topological polar surface area (TPSA) is 89.3 Å². The molecule has 0 saturated heterocycles. The Morgan fingerprint density at radius 3 is 2.63 bits per heavy atom. The van der Waals surface area contributed by atoms with Gasteiger partial charge in [0.15, 0.2) is 9.84 Å². The lowest BCUT2D eigenvalue weighted by Gasteiger charge is -2.14. The highest BCUT2D eigenvalue weighted by atomic mass is 35.5. The van der Waals surface area contributed by atoms with Gasteiger partial charge in [-0.2, -0.15) is 0 Å². The molecule has 0 aliphatic heterocycles. The van der Waals surface area contributed by atoms with Crippen molar-refractivity contribution in [2.75, 3.05) is 5.73 Å². The van der Waals surface area contributed by atoms with Crippen LogP contribution in [0.2, 0.25) is 5.02 Å². The van der Waals surface area contributed by atoms with Crippen molar-refractivity contribution in [2.24, 2.45) is 0 Å². The maximum atomic E-state index is 12.3. The lowest BCUT2D eigenvalue weighted by molar-refractivity contribution is -0.120. The molecule has 0 bridgehead atoms. The van der Waals surface area contributed by atoms with Crippen LogP contribution in [0.15, 0.2) is 23.1 Å². The monoisotopic (exact) mass is 302 g/mol. The molecule has 1 amide bonds. The Morgan fingerprint density at radius 2 is 2.11 bits per heavy atom. The molecule has 0 spiro atoms. The van der Waals surface area contributed by atoms with Crippen LogP contribution in [0.3, 0.4) is 0 Å². The van der Waals surface area contributed by atoms with Crippen LogP contribution < -0.4 is 11.1 Å². The number of carbonyl (C=O) groups is 1. The number of nitrogen functional groups attached to an aromatic ring is 1. The van der Waals surface area contributed by atoms with Gasteiger partial charge in [0.05, 0.1) is 10.6 Å². The minimum absolute atomic E-state index is 0.0542. The molecule has 0 aromatic heterocycles. The van der Waals surface area contributed by atoms with Gasteiger partial charge in [0.25, 0.3) is 0 Å². The van der Waals surface area contributed by atoms with Crippen LogP contribution in [-0.2, 0) is 14.6 Å². The number of benzene rings is 1. The van der Waals surface area contributed by atoms with Gasteiger partial charge < -0.3 is 11.1 Å². The summed E-state index contributed by atoms with van der Waals surface area (Å²) in [6.45, 7) is 1.36. The Kier molecular flexibility index (Phi) is 3.73. The number of rotatable bonds is 4. The van der Waals surface area contributed by atoms with E-state index in [0.717, 1.165) is 12.8 Å². The van der Waals surface area contributed by atoms with E-state index in [4.69, 9.17) is 17.3 Å². The molecule has 1 aliphatic rings. The third-order valence-electron chi connectivity index (χ3n) is 3.04. The number of nitrogens with two attached hydrogens (primary N) is 1. The third kappa shape index (κ3) is 3.01. The summed E-state index contributed by atoms with van der Waals surface area (Å²) in [6, 6.07) is 4.25. The minimum Gasteiger partial charge on any atom is -0.398 e. The van der Waals surface area contributed by atoms with Gasteiger partial charge in [-0.25, -0.2) is 8.42 Å². The first-order valence-corrected chi connectivity index (χ1v) is 7.84. The predicted molar refractivity (Wildman–Crippen MR) is 73.7 cm³/mol. The van der Waals surface area contributed by atoms with Gasteiger partial charge >= 0.3 is 0 Å². The average molecular weight is 303 g/mol. The van der Waals surface area contributed by atoms with Gasteiger partial charge in [-0.1, -0.05) is 11.6 Å². The van der Waals surface area contributed by atoms with Crippen LogP contribution in [0.1, 0.15) is 19.8 Å². The van der Waals surface area contributed by atoms with Crippen molar-refractivity contribution in [3.63, 3.8) is 0 Å². The fourth-order valence-corrected chi connectivity index (χ4v) is 3.21. The molecule has 2 rings (SSSR count). The van der Waals surface area contributed by atoms with E-state index in [2.05, 4.69) is 5.32 Å². The number of halogens is 1. The van der Waals surface area contributed by atoms with Crippen molar-refractivity contribution in [1.82, 2.24) is 5.32 Å². The molecule has 7 heteroatoms. The van der Waals surface area contributed by atoms with E-state index in [1.807, 2.05) is 0 Å². The summed E-state index contributed by atoms with van der Waals surface area (Å²) in [6.07, 6.45) is 1.81. The van der Waals surface area contributed by atoms with Crippen LogP contribution in [0.5, 0.6) is 0 Å². The van der Waals surface area contributed by atoms with Gasteiger partial charge in [-0.15, -0.1) is 0 Å². The van der Waals surface area contributed by atoms with Gasteiger partial charge in [-0.05, 0) is 38.0 Å². The molecular weight excluding hydrogens is 288 g/mol. The maximum absolute atomic E-state index is 12.3. The van der Waals surface area contributed by atoms with Crippen molar-refractivity contribution in [1.29, 1.82) is 0 Å². The van der Waals surface area contributed by atoms with Crippen LogP contribution in [-0.4, -0.2) is 25.6 Å². The first kappa shape index (κ1) is 14.1. The highest BCUT2D eigenvalue weighted by molar-refractivity contribution is 7.93. The number of nitrogens with one attached hydrogen (secondary N) is 1. The zero-order valence-corrected chi connectivity index (χ0v) is 12.0. The van der Waals surface area contributed by atoms with Crippen LogP contribution in [0.25, 0.3) is 0 Å². The molecule has 1 aliphatic carbocycles. The molecule has 1 aromatic carbocycles. The third-order valence-corrected chi connectivity index (χ3v) is 5.40. The summed E-state index contributed by atoms with van der Waals surface area (Å²) in [4.78, 5) is 11.8. The number of sulfone groups is 1. The second-order valence-electron chi connectivity index (χ2n) is 4.65. The predicted octanol–water partition coefficient (Wildman–Crippen LogP) is 1.36. The smallest absolute Gasteiger partial charge is 0.238 e. The molecule has 1 saturated carbocycles. The fraction of sp³-hybridized carbons (Fsp3) is 0.417. The summed E-state index contributed by atoms with van der Waals surface area (Å²) in [5.41, 5.74) is 5.72. The molecule has 0 radical (unpaired) electrons. The van der Waals surface area contributed by atoms with Crippen molar-refractivity contribution >= 4 is 33.0 Å². The first-order chi connectivity index (χ1) is 8.82. The summed E-state index contributed by atoms with van der Waals surface area (Å²) in [7, 11) is -3.80. The van der Waals surface area contributed by atoms with Crippen molar-refractivity contribution in [2.45, 2.75) is 36.0 Å². The van der Waals surface area contributed by atoms with Crippen molar-refractivity contribution in [3.05, 3.63) is 23.2 Å². The van der Waals surface area contributed by atoms with Crippen molar-refractivity contribution in [3.8, 4) is 0 Å². The van der Waals surface area contributed by atoms with Gasteiger partial charge in [0.2, 0.25) is 5.91 Å². The Balaban J connectivity index is 2.27. The Labute approximate surface area is 117 Å². The number of hydrogen-bond acceptors (Lipinski definition) is 4. The number of anilines is 1. The molecule has 104 valence electrons. The van der Waals surface area contributed by atoms with Gasteiger partial charge in [0.1, 0.15) is 5.25 Å². The second kappa shape index (κ2) is 5.02. The normalized spacial score (nSPS) is 16.9. The summed E-state index contributed by atoms with van der Waals surface area (Å²) in [5, 5.41) is 1.86. The maximum Gasteiger partial charge on any atom is 0.238 e. The van der Waals surface area contributed by atoms with Crippen LogP contribution in [0, 0.1) is 0 Å². The van der Waals surface area contributed by atoms with E-state index in [1.165, 1.54) is 25.1 Å². The summed E-state index contributed by atoms with van der Waals surface area (Å²) >= 11 is 5.73. The molecule has 19 heavy (non-hydrogen) atoms. The first-order valence-electron chi connectivity index (χ1n) is 5.91. The summed E-state index contributed by atoms with van der Waals surface area (Å²) in [5.74, 6) is -0.489. The quantitative estimate of drug-likeness (QED) is 0.822. The molecular formula is C12H15ClN2O3S. The Hall–Kier alpha value is -1.27. The Morgan fingerprint density at radius 1 is 1.47 bits per heavy atom. The van der Waals surface area contributed by atoms with E-state index in [1.54, 1.807) is 0 Å². The zero-order valence-electron chi connectivity index (χ0n) is 10.4. The molecule has 1 fully saturated rings. The van der Waals surface area contributed by atoms with Gasteiger partial charge in [-0.3, -0.25) is 4.79 Å². The van der Waals surface area contributed by atoms with Gasteiger partial charge in [0, 0.05) is 11.1 Å². The largest absolute Gasteiger partial charge is 0.398 e. The average Bonchev–Trinajstić information content (AvgIpc) is 3.11. The van der Waals surface area contributed by atoms with Crippen molar-refractivity contribution < 1.29 is 13.2 Å². The molecule has 1 aromatic rings.